The number of hydrogen-bond acceptors (Lipinski definition) is 3. The number of urea groups is 1. The van der Waals surface area contributed by atoms with Crippen LogP contribution in [-0.4, -0.2) is 65.2 Å². The molecule has 114 valence electrons. The van der Waals surface area contributed by atoms with Crippen LogP contribution in [0, 0.1) is 0 Å². The SMILES string of the molecule is CCCN(C(=O)N1CCC[C@@H]1C(=O)O)C1CCNCC1. The van der Waals surface area contributed by atoms with Crippen LogP contribution in [0.25, 0.3) is 0 Å². The van der Waals surface area contributed by atoms with Gasteiger partial charge in [-0.3, -0.25) is 0 Å². The summed E-state index contributed by atoms with van der Waals surface area (Å²) >= 11 is 0. The lowest BCUT2D eigenvalue weighted by Crippen LogP contribution is -2.53. The highest BCUT2D eigenvalue weighted by molar-refractivity contribution is 5.83. The van der Waals surface area contributed by atoms with Gasteiger partial charge in [-0.1, -0.05) is 6.92 Å². The number of nitrogens with zero attached hydrogens (tertiary/aromatic N) is 2. The lowest BCUT2D eigenvalue weighted by atomic mass is 10.0. The molecule has 6 nitrogen and oxygen atoms in total. The van der Waals surface area contributed by atoms with Gasteiger partial charge in [-0.15, -0.1) is 0 Å². The van der Waals surface area contributed by atoms with Crippen molar-refractivity contribution in [3.05, 3.63) is 0 Å². The number of nitrogens with one attached hydrogen (secondary N) is 1. The van der Waals surface area contributed by atoms with Gasteiger partial charge in [-0.25, -0.2) is 9.59 Å². The minimum Gasteiger partial charge on any atom is -0.480 e. The van der Waals surface area contributed by atoms with Crippen LogP contribution in [0.3, 0.4) is 0 Å². The van der Waals surface area contributed by atoms with E-state index in [1.165, 1.54) is 0 Å². The van der Waals surface area contributed by atoms with E-state index in [9.17, 15) is 14.7 Å². The fourth-order valence-electron chi connectivity index (χ4n) is 3.21. The van der Waals surface area contributed by atoms with Crippen LogP contribution in [-0.2, 0) is 4.79 Å². The van der Waals surface area contributed by atoms with E-state index in [0.29, 0.717) is 19.5 Å². The van der Waals surface area contributed by atoms with Crippen LogP contribution in [0.1, 0.15) is 39.0 Å². The summed E-state index contributed by atoms with van der Waals surface area (Å²) in [5.74, 6) is -0.877. The predicted molar refractivity (Wildman–Crippen MR) is 75.6 cm³/mol. The Morgan fingerprint density at radius 2 is 2.00 bits per heavy atom. The molecular weight excluding hydrogens is 258 g/mol. The number of hydrogen-bond donors (Lipinski definition) is 2. The zero-order valence-electron chi connectivity index (χ0n) is 12.2. The summed E-state index contributed by atoms with van der Waals surface area (Å²) in [5, 5.41) is 12.5. The maximum atomic E-state index is 12.7. The fourth-order valence-corrected chi connectivity index (χ4v) is 3.21. The lowest BCUT2D eigenvalue weighted by Gasteiger charge is -2.38. The molecule has 2 aliphatic rings. The second-order valence-corrected chi connectivity index (χ2v) is 5.65. The average molecular weight is 283 g/mol. The molecule has 0 unspecified atom stereocenters. The number of likely N-dealkylation sites (tertiary alicyclic amines) is 1. The number of carbonyl (C=O) groups is 2. The number of aliphatic carboxylic acids is 1. The van der Waals surface area contributed by atoms with E-state index in [-0.39, 0.29) is 12.1 Å². The monoisotopic (exact) mass is 283 g/mol. The topological polar surface area (TPSA) is 72.9 Å². The van der Waals surface area contributed by atoms with Gasteiger partial charge in [-0.2, -0.15) is 0 Å². The number of amides is 2. The Morgan fingerprint density at radius 3 is 2.60 bits per heavy atom. The molecule has 6 heteroatoms. The summed E-state index contributed by atoms with van der Waals surface area (Å²) in [5.41, 5.74) is 0. The molecule has 0 aliphatic carbocycles. The van der Waals surface area contributed by atoms with E-state index >= 15 is 0 Å². The van der Waals surface area contributed by atoms with Crippen molar-refractivity contribution in [2.75, 3.05) is 26.2 Å². The molecule has 0 aromatic carbocycles. The van der Waals surface area contributed by atoms with Gasteiger partial charge in [0, 0.05) is 19.1 Å². The Labute approximate surface area is 120 Å². The number of carbonyl (C=O) groups excluding carboxylic acids is 1. The summed E-state index contributed by atoms with van der Waals surface area (Å²) in [6.45, 7) is 5.20. The minimum atomic E-state index is -0.877. The molecule has 0 aromatic heterocycles. The van der Waals surface area contributed by atoms with E-state index in [0.717, 1.165) is 38.8 Å². The second kappa shape index (κ2) is 6.92. The zero-order chi connectivity index (χ0) is 14.5. The molecule has 0 aromatic rings. The normalized spacial score (nSPS) is 23.9. The molecule has 0 spiro atoms. The molecule has 20 heavy (non-hydrogen) atoms. The van der Waals surface area contributed by atoms with Gasteiger partial charge in [0.1, 0.15) is 6.04 Å². The fraction of sp³-hybridized carbons (Fsp3) is 0.857. The van der Waals surface area contributed by atoms with Crippen LogP contribution < -0.4 is 5.32 Å². The number of carboxylic acids is 1. The van der Waals surface area contributed by atoms with Crippen molar-refractivity contribution in [3.63, 3.8) is 0 Å². The molecule has 2 amide bonds. The maximum Gasteiger partial charge on any atom is 0.326 e. The molecule has 2 heterocycles. The second-order valence-electron chi connectivity index (χ2n) is 5.65. The Bertz CT molecular complexity index is 356. The van der Waals surface area contributed by atoms with Crippen LogP contribution in [0.15, 0.2) is 0 Å². The van der Waals surface area contributed by atoms with Crippen LogP contribution in [0.2, 0.25) is 0 Å². The highest BCUT2D eigenvalue weighted by Crippen LogP contribution is 2.22. The quantitative estimate of drug-likeness (QED) is 0.811. The molecule has 2 fully saturated rings. The maximum absolute atomic E-state index is 12.7. The third kappa shape index (κ3) is 3.23. The van der Waals surface area contributed by atoms with E-state index in [1.807, 2.05) is 4.90 Å². The van der Waals surface area contributed by atoms with Crippen molar-refractivity contribution in [1.82, 2.24) is 15.1 Å². The Kier molecular flexibility index (Phi) is 5.23. The van der Waals surface area contributed by atoms with Gasteiger partial charge in [0.15, 0.2) is 0 Å². The van der Waals surface area contributed by atoms with Crippen molar-refractivity contribution in [3.8, 4) is 0 Å². The van der Waals surface area contributed by atoms with E-state index in [2.05, 4.69) is 12.2 Å². The standard InChI is InChI=1S/C14H25N3O3/c1-2-9-16(11-5-7-15-8-6-11)14(20)17-10-3-4-12(17)13(18)19/h11-12,15H,2-10H2,1H3,(H,18,19)/t12-/m1/s1. The number of carboxylic acid groups (broad SMARTS) is 1. The molecule has 0 saturated carbocycles. The Balaban J connectivity index is 2.07. The summed E-state index contributed by atoms with van der Waals surface area (Å²) in [6.07, 6.45) is 4.18. The Morgan fingerprint density at radius 1 is 1.30 bits per heavy atom. The Hall–Kier alpha value is -1.30. The van der Waals surface area contributed by atoms with Gasteiger partial charge < -0.3 is 20.2 Å². The number of rotatable bonds is 4. The van der Waals surface area contributed by atoms with Crippen molar-refractivity contribution in [2.45, 2.75) is 51.1 Å². The minimum absolute atomic E-state index is 0.0800. The van der Waals surface area contributed by atoms with Crippen LogP contribution >= 0.6 is 0 Å². The first-order valence-electron chi connectivity index (χ1n) is 7.66. The summed E-state index contributed by atoms with van der Waals surface area (Å²) in [6, 6.07) is -0.467. The van der Waals surface area contributed by atoms with Crippen LogP contribution in [0.5, 0.6) is 0 Å². The largest absolute Gasteiger partial charge is 0.480 e. The number of piperidine rings is 1. The van der Waals surface area contributed by atoms with Gasteiger partial charge in [0.05, 0.1) is 0 Å². The third-order valence-corrected chi connectivity index (χ3v) is 4.24. The predicted octanol–water partition coefficient (Wildman–Crippen LogP) is 1.12. The highest BCUT2D eigenvalue weighted by atomic mass is 16.4. The van der Waals surface area contributed by atoms with Crippen molar-refractivity contribution < 1.29 is 14.7 Å². The smallest absolute Gasteiger partial charge is 0.326 e. The van der Waals surface area contributed by atoms with Gasteiger partial charge in [0.25, 0.3) is 0 Å². The molecule has 2 aliphatic heterocycles. The average Bonchev–Trinajstić information content (AvgIpc) is 2.94. The first-order chi connectivity index (χ1) is 9.65. The first kappa shape index (κ1) is 15.1. The highest BCUT2D eigenvalue weighted by Gasteiger charge is 2.37. The van der Waals surface area contributed by atoms with Crippen molar-refractivity contribution in [1.29, 1.82) is 0 Å². The molecule has 2 N–H and O–H groups in total. The molecular formula is C14H25N3O3. The third-order valence-electron chi connectivity index (χ3n) is 4.24. The molecule has 2 rings (SSSR count). The van der Waals surface area contributed by atoms with E-state index in [4.69, 9.17) is 0 Å². The van der Waals surface area contributed by atoms with Gasteiger partial charge in [-0.05, 0) is 45.2 Å². The summed E-state index contributed by atoms with van der Waals surface area (Å²) in [7, 11) is 0. The van der Waals surface area contributed by atoms with Gasteiger partial charge >= 0.3 is 12.0 Å². The summed E-state index contributed by atoms with van der Waals surface area (Å²) < 4.78 is 0. The van der Waals surface area contributed by atoms with Crippen LogP contribution in [0.4, 0.5) is 4.79 Å². The molecule has 1 atom stereocenters. The van der Waals surface area contributed by atoms with Gasteiger partial charge in [0.2, 0.25) is 0 Å². The summed E-state index contributed by atoms with van der Waals surface area (Å²) in [4.78, 5) is 27.4. The lowest BCUT2D eigenvalue weighted by molar-refractivity contribution is -0.141. The molecule has 0 radical (unpaired) electrons. The van der Waals surface area contributed by atoms with E-state index in [1.54, 1.807) is 4.90 Å². The molecule has 0 bridgehead atoms. The zero-order valence-corrected chi connectivity index (χ0v) is 12.2. The van der Waals surface area contributed by atoms with Crippen molar-refractivity contribution >= 4 is 12.0 Å². The first-order valence-corrected chi connectivity index (χ1v) is 7.66. The van der Waals surface area contributed by atoms with E-state index < -0.39 is 12.0 Å². The van der Waals surface area contributed by atoms with Crippen molar-refractivity contribution in [2.24, 2.45) is 0 Å². The molecule has 2 saturated heterocycles.